The van der Waals surface area contributed by atoms with Crippen LogP contribution in [-0.2, 0) is 37.0 Å². The molecule has 0 aromatic heterocycles. The molecule has 1 aliphatic rings. The molecule has 1 fully saturated rings. The molecule has 8 nitrogen and oxygen atoms in total. The minimum absolute atomic E-state index is 0.00661. The van der Waals surface area contributed by atoms with Gasteiger partial charge in [0.15, 0.2) is 0 Å². The van der Waals surface area contributed by atoms with Crippen molar-refractivity contribution in [3.05, 3.63) is 71.8 Å². The van der Waals surface area contributed by atoms with Gasteiger partial charge in [0.25, 0.3) is 11.8 Å². The maximum Gasteiger partial charge on any atom is 0.408 e. The molecular weight excluding hydrogens is 388 g/mol. The number of alkyl carbamates (subject to hydrolysis) is 1. The summed E-state index contributed by atoms with van der Waals surface area (Å²) in [6, 6.07) is 17.4. The molecule has 1 N–H and O–H groups in total. The van der Waals surface area contributed by atoms with Crippen LogP contribution in [0.1, 0.15) is 30.4 Å². The van der Waals surface area contributed by atoms with Gasteiger partial charge in [-0.05, 0) is 24.0 Å². The molecule has 3 amide bonds. The van der Waals surface area contributed by atoms with Crippen molar-refractivity contribution in [2.45, 2.75) is 38.3 Å². The lowest BCUT2D eigenvalue weighted by atomic mass is 10.1. The van der Waals surface area contributed by atoms with Crippen molar-refractivity contribution >= 4 is 23.9 Å². The Morgan fingerprint density at radius 1 is 0.900 bits per heavy atom. The van der Waals surface area contributed by atoms with Gasteiger partial charge in [-0.1, -0.05) is 60.7 Å². The molecule has 30 heavy (non-hydrogen) atoms. The summed E-state index contributed by atoms with van der Waals surface area (Å²) in [5.74, 6) is -2.06. The van der Waals surface area contributed by atoms with Crippen LogP contribution in [0.2, 0.25) is 0 Å². The van der Waals surface area contributed by atoms with Crippen LogP contribution in [0.5, 0.6) is 0 Å². The molecule has 0 saturated carbocycles. The highest BCUT2D eigenvalue weighted by atomic mass is 16.7. The first kappa shape index (κ1) is 21.0. The molecule has 2 aromatic rings. The molecule has 0 radical (unpaired) electrons. The van der Waals surface area contributed by atoms with E-state index >= 15 is 0 Å². The van der Waals surface area contributed by atoms with Crippen molar-refractivity contribution in [2.75, 3.05) is 0 Å². The average Bonchev–Trinajstić information content (AvgIpc) is 3.08. The first-order chi connectivity index (χ1) is 14.5. The van der Waals surface area contributed by atoms with Crippen molar-refractivity contribution in [3.63, 3.8) is 0 Å². The van der Waals surface area contributed by atoms with E-state index in [2.05, 4.69) is 5.32 Å². The molecule has 0 bridgehead atoms. The van der Waals surface area contributed by atoms with E-state index in [1.165, 1.54) is 0 Å². The second-order valence-electron chi connectivity index (χ2n) is 6.78. The third kappa shape index (κ3) is 5.91. The zero-order chi connectivity index (χ0) is 21.3. The molecule has 2 aromatic carbocycles. The number of carbonyl (C=O) groups excluding carboxylic acids is 4. The fourth-order valence-electron chi connectivity index (χ4n) is 2.92. The number of aryl methyl sites for hydroxylation is 1. The summed E-state index contributed by atoms with van der Waals surface area (Å²) in [4.78, 5) is 53.2. The van der Waals surface area contributed by atoms with Gasteiger partial charge in [0.1, 0.15) is 12.6 Å². The van der Waals surface area contributed by atoms with E-state index in [1.54, 1.807) is 12.1 Å². The summed E-state index contributed by atoms with van der Waals surface area (Å²) in [5.41, 5.74) is 1.76. The van der Waals surface area contributed by atoms with Gasteiger partial charge < -0.3 is 14.9 Å². The molecule has 8 heteroatoms. The molecule has 0 aliphatic carbocycles. The first-order valence-corrected chi connectivity index (χ1v) is 9.61. The number of hydrogen-bond donors (Lipinski definition) is 1. The predicted molar refractivity (Wildman–Crippen MR) is 105 cm³/mol. The van der Waals surface area contributed by atoms with E-state index in [-0.39, 0.29) is 25.9 Å². The number of ether oxygens (including phenoxy) is 1. The third-order valence-electron chi connectivity index (χ3n) is 4.54. The Hall–Kier alpha value is -3.68. The lowest BCUT2D eigenvalue weighted by Gasteiger charge is -2.20. The minimum atomic E-state index is -1.09. The van der Waals surface area contributed by atoms with Gasteiger partial charge in [0.2, 0.25) is 0 Å². The van der Waals surface area contributed by atoms with E-state index in [0.717, 1.165) is 11.1 Å². The van der Waals surface area contributed by atoms with Crippen LogP contribution in [0.4, 0.5) is 4.79 Å². The van der Waals surface area contributed by atoms with Crippen molar-refractivity contribution in [2.24, 2.45) is 0 Å². The zero-order valence-corrected chi connectivity index (χ0v) is 16.3. The van der Waals surface area contributed by atoms with Gasteiger partial charge in [-0.15, -0.1) is 5.06 Å². The summed E-state index contributed by atoms with van der Waals surface area (Å²) in [5, 5.41) is 2.94. The second kappa shape index (κ2) is 10.2. The Morgan fingerprint density at radius 3 is 2.07 bits per heavy atom. The number of amides is 3. The van der Waals surface area contributed by atoms with E-state index in [9.17, 15) is 19.2 Å². The second-order valence-corrected chi connectivity index (χ2v) is 6.78. The molecule has 3 rings (SSSR count). The normalized spacial score (nSPS) is 14.3. The summed E-state index contributed by atoms with van der Waals surface area (Å²) in [7, 11) is 0. The van der Waals surface area contributed by atoms with Crippen molar-refractivity contribution in [3.8, 4) is 0 Å². The number of nitrogens with zero attached hydrogens (tertiary/aromatic N) is 1. The molecule has 1 saturated heterocycles. The summed E-state index contributed by atoms with van der Waals surface area (Å²) >= 11 is 0. The first-order valence-electron chi connectivity index (χ1n) is 9.61. The molecule has 1 heterocycles. The molecular formula is C22H22N2O6. The molecule has 156 valence electrons. The summed E-state index contributed by atoms with van der Waals surface area (Å²) in [6.45, 7) is 0.0379. The smallest absolute Gasteiger partial charge is 0.408 e. The van der Waals surface area contributed by atoms with Crippen molar-refractivity contribution in [1.82, 2.24) is 10.4 Å². The fraction of sp³-hybridized carbons (Fsp3) is 0.273. The van der Waals surface area contributed by atoms with Gasteiger partial charge in [-0.25, -0.2) is 9.59 Å². The summed E-state index contributed by atoms with van der Waals surface area (Å²) in [6.07, 6.45) is -0.130. The van der Waals surface area contributed by atoms with E-state index < -0.39 is 29.9 Å². The van der Waals surface area contributed by atoms with Crippen LogP contribution in [-0.4, -0.2) is 35.0 Å². The summed E-state index contributed by atoms with van der Waals surface area (Å²) < 4.78 is 5.17. The average molecular weight is 410 g/mol. The number of hydroxylamine groups is 2. The molecule has 1 aliphatic heterocycles. The van der Waals surface area contributed by atoms with Gasteiger partial charge in [-0.2, -0.15) is 0 Å². The number of imide groups is 1. The topological polar surface area (TPSA) is 102 Å². The standard InChI is InChI=1S/C22H22N2O6/c25-19-13-14-20(26)24(19)30-21(27)18(12-11-16-7-3-1-4-8-16)23-22(28)29-15-17-9-5-2-6-10-17/h1-10,18H,11-15H2,(H,23,28)/t18-/m1/s1. The number of nitrogens with one attached hydrogen (secondary N) is 1. The molecule has 0 spiro atoms. The Kier molecular flexibility index (Phi) is 7.15. The minimum Gasteiger partial charge on any atom is -0.445 e. The molecule has 1 atom stereocenters. The third-order valence-corrected chi connectivity index (χ3v) is 4.54. The maximum absolute atomic E-state index is 12.6. The zero-order valence-electron chi connectivity index (χ0n) is 16.3. The number of hydrogen-bond acceptors (Lipinski definition) is 6. The number of benzene rings is 2. The highest BCUT2D eigenvalue weighted by Crippen LogP contribution is 2.14. The molecule has 0 unspecified atom stereocenters. The van der Waals surface area contributed by atoms with Crippen LogP contribution < -0.4 is 5.32 Å². The van der Waals surface area contributed by atoms with Crippen LogP contribution in [0, 0.1) is 0 Å². The lowest BCUT2D eigenvalue weighted by Crippen LogP contribution is -2.45. The van der Waals surface area contributed by atoms with Gasteiger partial charge >= 0.3 is 12.1 Å². The van der Waals surface area contributed by atoms with Crippen LogP contribution >= 0.6 is 0 Å². The lowest BCUT2D eigenvalue weighted by molar-refractivity contribution is -0.199. The van der Waals surface area contributed by atoms with Gasteiger partial charge in [0.05, 0.1) is 0 Å². The Balaban J connectivity index is 1.61. The highest BCUT2D eigenvalue weighted by molar-refractivity contribution is 6.01. The van der Waals surface area contributed by atoms with E-state index in [0.29, 0.717) is 11.5 Å². The predicted octanol–water partition coefficient (Wildman–Crippen LogP) is 2.52. The SMILES string of the molecule is O=C(N[C@H](CCc1ccccc1)C(=O)ON1C(=O)CCC1=O)OCc1ccccc1. The Labute approximate surface area is 173 Å². The monoisotopic (exact) mass is 410 g/mol. The number of carbonyl (C=O) groups is 4. The van der Waals surface area contributed by atoms with E-state index in [4.69, 9.17) is 9.57 Å². The Bertz CT molecular complexity index is 884. The van der Waals surface area contributed by atoms with Crippen LogP contribution in [0.3, 0.4) is 0 Å². The van der Waals surface area contributed by atoms with Gasteiger partial charge in [0, 0.05) is 12.8 Å². The van der Waals surface area contributed by atoms with Crippen LogP contribution in [0.25, 0.3) is 0 Å². The van der Waals surface area contributed by atoms with Crippen molar-refractivity contribution < 1.29 is 28.8 Å². The maximum atomic E-state index is 12.6. The van der Waals surface area contributed by atoms with E-state index in [1.807, 2.05) is 48.5 Å². The quantitative estimate of drug-likeness (QED) is 0.671. The van der Waals surface area contributed by atoms with Crippen molar-refractivity contribution in [1.29, 1.82) is 0 Å². The fourth-order valence-corrected chi connectivity index (χ4v) is 2.92. The Morgan fingerprint density at radius 2 is 1.47 bits per heavy atom. The van der Waals surface area contributed by atoms with Crippen LogP contribution in [0.15, 0.2) is 60.7 Å². The largest absolute Gasteiger partial charge is 0.445 e. The van der Waals surface area contributed by atoms with Gasteiger partial charge in [-0.3, -0.25) is 9.59 Å². The highest BCUT2D eigenvalue weighted by Gasteiger charge is 2.35. The number of rotatable bonds is 8.